The van der Waals surface area contributed by atoms with Gasteiger partial charge < -0.3 is 9.84 Å². The van der Waals surface area contributed by atoms with Crippen molar-refractivity contribution in [2.24, 2.45) is 0 Å². The maximum absolute atomic E-state index is 12.5. The summed E-state index contributed by atoms with van der Waals surface area (Å²) in [6.07, 6.45) is 44.8. The van der Waals surface area contributed by atoms with Gasteiger partial charge in [-0.3, -0.25) is 9.59 Å². The van der Waals surface area contributed by atoms with Crippen LogP contribution in [-0.4, -0.2) is 23.1 Å². The molecule has 0 aliphatic rings. The second kappa shape index (κ2) is 35.9. The van der Waals surface area contributed by atoms with Crippen molar-refractivity contribution < 1.29 is 19.4 Å². The van der Waals surface area contributed by atoms with E-state index < -0.39 is 5.97 Å². The van der Waals surface area contributed by atoms with Crippen molar-refractivity contribution in [3.8, 4) is 0 Å². The fourth-order valence-corrected chi connectivity index (χ4v) is 5.81. The van der Waals surface area contributed by atoms with Gasteiger partial charge in [0, 0.05) is 12.8 Å². The number of ether oxygens (including phenoxy) is 1. The van der Waals surface area contributed by atoms with E-state index in [9.17, 15) is 9.59 Å². The van der Waals surface area contributed by atoms with Crippen molar-refractivity contribution in [2.45, 2.75) is 219 Å². The van der Waals surface area contributed by atoms with Crippen LogP contribution in [0.1, 0.15) is 213 Å². The Hall–Kier alpha value is -1.58. The molecule has 0 amide bonds. The van der Waals surface area contributed by atoms with Gasteiger partial charge in [0.2, 0.25) is 0 Å². The molecule has 0 aliphatic heterocycles. The summed E-state index contributed by atoms with van der Waals surface area (Å²) in [5, 5.41) is 8.98. The van der Waals surface area contributed by atoms with Crippen LogP contribution in [0, 0.1) is 0 Å². The number of carboxylic acid groups (broad SMARTS) is 1. The fraction of sp³-hybridized carbons (Fsp3) is 0.850. The Labute approximate surface area is 274 Å². The number of carboxylic acids is 1. The zero-order chi connectivity index (χ0) is 32.2. The van der Waals surface area contributed by atoms with E-state index in [1.54, 1.807) is 0 Å². The topological polar surface area (TPSA) is 63.6 Å². The van der Waals surface area contributed by atoms with Crippen molar-refractivity contribution in [1.29, 1.82) is 0 Å². The highest BCUT2D eigenvalue weighted by Gasteiger charge is 2.15. The third-order valence-electron chi connectivity index (χ3n) is 8.68. The number of aliphatic carboxylic acids is 1. The Balaban J connectivity index is 3.70. The second-order valence-corrected chi connectivity index (χ2v) is 13.1. The molecule has 0 aliphatic carbocycles. The van der Waals surface area contributed by atoms with Crippen LogP contribution < -0.4 is 0 Å². The van der Waals surface area contributed by atoms with E-state index in [4.69, 9.17) is 9.84 Å². The maximum Gasteiger partial charge on any atom is 0.306 e. The standard InChI is InChI=1S/C40H74O4/c1-3-5-7-9-11-13-14-15-16-17-18-19-20-21-22-23-24-26-28-30-32-37-40(43)44-38(35-33-36-39(41)42)34-31-29-27-25-12-10-8-6-4-2/h11,13,15-16,38H,3-10,12,14,17-37H2,1-2H3,(H,41,42)/b13-11-,16-15-. The van der Waals surface area contributed by atoms with E-state index in [1.165, 1.54) is 141 Å². The molecule has 4 nitrogen and oxygen atoms in total. The minimum absolute atomic E-state index is 0.0913. The molecule has 0 saturated carbocycles. The summed E-state index contributed by atoms with van der Waals surface area (Å²) in [4.78, 5) is 23.4. The molecule has 0 aromatic rings. The second-order valence-electron chi connectivity index (χ2n) is 13.1. The van der Waals surface area contributed by atoms with Crippen LogP contribution in [0.5, 0.6) is 0 Å². The van der Waals surface area contributed by atoms with Gasteiger partial charge in [0.05, 0.1) is 0 Å². The fourth-order valence-electron chi connectivity index (χ4n) is 5.81. The van der Waals surface area contributed by atoms with Crippen molar-refractivity contribution in [3.63, 3.8) is 0 Å². The van der Waals surface area contributed by atoms with Gasteiger partial charge >= 0.3 is 11.9 Å². The normalized spacial score (nSPS) is 12.4. The van der Waals surface area contributed by atoms with E-state index in [0.29, 0.717) is 19.3 Å². The van der Waals surface area contributed by atoms with Gasteiger partial charge in [-0.15, -0.1) is 0 Å². The first-order valence-corrected chi connectivity index (χ1v) is 19.3. The Morgan fingerprint density at radius 3 is 1.43 bits per heavy atom. The van der Waals surface area contributed by atoms with E-state index in [2.05, 4.69) is 38.2 Å². The number of hydrogen-bond acceptors (Lipinski definition) is 3. The molecule has 0 heterocycles. The first-order valence-electron chi connectivity index (χ1n) is 19.3. The summed E-state index contributed by atoms with van der Waals surface area (Å²) in [6, 6.07) is 0. The molecule has 258 valence electrons. The number of carbonyl (C=O) groups excluding carboxylic acids is 1. The van der Waals surface area contributed by atoms with E-state index in [-0.39, 0.29) is 18.5 Å². The van der Waals surface area contributed by atoms with E-state index in [1.807, 2.05) is 0 Å². The molecule has 0 aromatic heterocycles. The number of unbranched alkanes of at least 4 members (excludes halogenated alkanes) is 22. The Kier molecular flexibility index (Phi) is 34.6. The lowest BCUT2D eigenvalue weighted by atomic mass is 10.0. The predicted molar refractivity (Wildman–Crippen MR) is 190 cm³/mol. The predicted octanol–water partition coefficient (Wildman–Crippen LogP) is 13.2. The SMILES string of the molecule is CCCCC/C=C\C/C=C\CCCCCCCCCCCCCC(=O)OC(CCCCCCCCCCC)CCCC(=O)O. The summed E-state index contributed by atoms with van der Waals surface area (Å²) in [6.45, 7) is 4.51. The highest BCUT2D eigenvalue weighted by atomic mass is 16.5. The van der Waals surface area contributed by atoms with Crippen LogP contribution in [0.4, 0.5) is 0 Å². The minimum atomic E-state index is -0.770. The summed E-state index contributed by atoms with van der Waals surface area (Å²) < 4.78 is 5.81. The lowest BCUT2D eigenvalue weighted by Gasteiger charge is -2.18. The van der Waals surface area contributed by atoms with Crippen LogP contribution in [-0.2, 0) is 14.3 Å². The van der Waals surface area contributed by atoms with Crippen LogP contribution >= 0.6 is 0 Å². The van der Waals surface area contributed by atoms with Gasteiger partial charge in [-0.2, -0.15) is 0 Å². The first kappa shape index (κ1) is 42.4. The molecular weight excluding hydrogens is 544 g/mol. The number of esters is 1. The molecule has 4 heteroatoms. The Morgan fingerprint density at radius 1 is 0.500 bits per heavy atom. The van der Waals surface area contributed by atoms with Crippen LogP contribution in [0.15, 0.2) is 24.3 Å². The highest BCUT2D eigenvalue weighted by molar-refractivity contribution is 5.69. The van der Waals surface area contributed by atoms with Gasteiger partial charge in [-0.1, -0.05) is 160 Å². The summed E-state index contributed by atoms with van der Waals surface area (Å²) in [5.74, 6) is -0.861. The molecule has 0 spiro atoms. The van der Waals surface area contributed by atoms with Crippen molar-refractivity contribution in [2.75, 3.05) is 0 Å². The lowest BCUT2D eigenvalue weighted by molar-refractivity contribution is -0.150. The van der Waals surface area contributed by atoms with Crippen LogP contribution in [0.25, 0.3) is 0 Å². The molecule has 0 aromatic carbocycles. The quantitative estimate of drug-likeness (QED) is 0.0436. The molecule has 0 saturated heterocycles. The average Bonchev–Trinajstić information content (AvgIpc) is 3.00. The molecule has 0 fully saturated rings. The van der Waals surface area contributed by atoms with Crippen LogP contribution in [0.3, 0.4) is 0 Å². The van der Waals surface area contributed by atoms with Crippen molar-refractivity contribution in [3.05, 3.63) is 24.3 Å². The van der Waals surface area contributed by atoms with E-state index >= 15 is 0 Å². The highest BCUT2D eigenvalue weighted by Crippen LogP contribution is 2.18. The third-order valence-corrected chi connectivity index (χ3v) is 8.68. The molecule has 0 radical (unpaired) electrons. The Morgan fingerprint density at radius 2 is 0.909 bits per heavy atom. The van der Waals surface area contributed by atoms with E-state index in [0.717, 1.165) is 32.1 Å². The van der Waals surface area contributed by atoms with Crippen molar-refractivity contribution in [1.82, 2.24) is 0 Å². The van der Waals surface area contributed by atoms with Gasteiger partial charge in [-0.25, -0.2) is 0 Å². The third kappa shape index (κ3) is 34.9. The number of allylic oxidation sites excluding steroid dienone is 4. The van der Waals surface area contributed by atoms with Crippen LogP contribution in [0.2, 0.25) is 0 Å². The molecule has 0 bridgehead atoms. The number of hydrogen-bond donors (Lipinski definition) is 1. The lowest BCUT2D eigenvalue weighted by Crippen LogP contribution is -2.18. The maximum atomic E-state index is 12.5. The minimum Gasteiger partial charge on any atom is -0.481 e. The number of rotatable bonds is 35. The average molecular weight is 619 g/mol. The van der Waals surface area contributed by atoms with Gasteiger partial charge in [-0.05, 0) is 64.2 Å². The summed E-state index contributed by atoms with van der Waals surface area (Å²) in [7, 11) is 0. The van der Waals surface area contributed by atoms with Gasteiger partial charge in [0.25, 0.3) is 0 Å². The zero-order valence-corrected chi connectivity index (χ0v) is 29.5. The Bertz CT molecular complexity index is 668. The largest absolute Gasteiger partial charge is 0.481 e. The van der Waals surface area contributed by atoms with Crippen molar-refractivity contribution >= 4 is 11.9 Å². The summed E-state index contributed by atoms with van der Waals surface area (Å²) >= 11 is 0. The molecule has 1 atom stereocenters. The van der Waals surface area contributed by atoms with Gasteiger partial charge in [0.1, 0.15) is 6.10 Å². The monoisotopic (exact) mass is 619 g/mol. The van der Waals surface area contributed by atoms with Gasteiger partial charge in [0.15, 0.2) is 0 Å². The molecule has 1 N–H and O–H groups in total. The first-order chi connectivity index (χ1) is 21.6. The smallest absolute Gasteiger partial charge is 0.306 e. The molecule has 1 unspecified atom stereocenters. The number of carbonyl (C=O) groups is 2. The molecule has 0 rings (SSSR count). The molecule has 44 heavy (non-hydrogen) atoms. The molecular formula is C40H74O4. The zero-order valence-electron chi connectivity index (χ0n) is 29.5. The summed E-state index contributed by atoms with van der Waals surface area (Å²) in [5.41, 5.74) is 0.